The standard InChI is InChI=1S/C12H19NO/c1-10(2)11-6-3-4-7-12(11)14-9-5-8-13/h3-4,6-7,10H,5,8-9,13H2,1-2H3. The number of hydrogen-bond acceptors (Lipinski definition) is 2. The van der Waals surface area contributed by atoms with Crippen LogP contribution >= 0.6 is 0 Å². The molecule has 0 bridgehead atoms. The van der Waals surface area contributed by atoms with Crippen molar-refractivity contribution >= 4 is 0 Å². The lowest BCUT2D eigenvalue weighted by Crippen LogP contribution is -2.07. The Bertz CT molecular complexity index is 271. The predicted octanol–water partition coefficient (Wildman–Crippen LogP) is 2.54. The molecule has 0 aromatic heterocycles. The van der Waals surface area contributed by atoms with E-state index in [0.29, 0.717) is 19.1 Å². The third kappa shape index (κ3) is 3.04. The van der Waals surface area contributed by atoms with Gasteiger partial charge in [0.1, 0.15) is 5.75 Å². The number of rotatable bonds is 5. The van der Waals surface area contributed by atoms with Gasteiger partial charge in [0.25, 0.3) is 0 Å². The van der Waals surface area contributed by atoms with Gasteiger partial charge in [0.15, 0.2) is 0 Å². The zero-order valence-electron chi connectivity index (χ0n) is 8.99. The van der Waals surface area contributed by atoms with Crippen LogP contribution in [0, 0.1) is 0 Å². The number of para-hydroxylation sites is 1. The maximum Gasteiger partial charge on any atom is 0.122 e. The lowest BCUT2D eigenvalue weighted by atomic mass is 10.0. The second-order valence-corrected chi connectivity index (χ2v) is 3.68. The molecule has 78 valence electrons. The van der Waals surface area contributed by atoms with Crippen molar-refractivity contribution in [3.63, 3.8) is 0 Å². The van der Waals surface area contributed by atoms with Crippen LogP contribution in [0.1, 0.15) is 31.7 Å². The summed E-state index contributed by atoms with van der Waals surface area (Å²) in [6, 6.07) is 8.18. The first kappa shape index (κ1) is 11.1. The molecule has 2 N–H and O–H groups in total. The fraction of sp³-hybridized carbons (Fsp3) is 0.500. The van der Waals surface area contributed by atoms with Crippen molar-refractivity contribution in [1.29, 1.82) is 0 Å². The molecule has 0 aliphatic heterocycles. The summed E-state index contributed by atoms with van der Waals surface area (Å²) in [7, 11) is 0. The van der Waals surface area contributed by atoms with Crippen molar-refractivity contribution in [2.45, 2.75) is 26.2 Å². The van der Waals surface area contributed by atoms with Gasteiger partial charge in [-0.15, -0.1) is 0 Å². The van der Waals surface area contributed by atoms with Gasteiger partial charge < -0.3 is 10.5 Å². The molecule has 2 heteroatoms. The highest BCUT2D eigenvalue weighted by molar-refractivity contribution is 5.35. The number of hydrogen-bond donors (Lipinski definition) is 1. The molecule has 2 nitrogen and oxygen atoms in total. The molecule has 0 spiro atoms. The lowest BCUT2D eigenvalue weighted by Gasteiger charge is -2.13. The average molecular weight is 193 g/mol. The Morgan fingerprint density at radius 2 is 2.00 bits per heavy atom. The van der Waals surface area contributed by atoms with E-state index in [1.54, 1.807) is 0 Å². The van der Waals surface area contributed by atoms with Gasteiger partial charge in [-0.2, -0.15) is 0 Å². The summed E-state index contributed by atoms with van der Waals surface area (Å²) in [6.45, 7) is 5.74. The van der Waals surface area contributed by atoms with Gasteiger partial charge in [-0.1, -0.05) is 32.0 Å². The van der Waals surface area contributed by atoms with E-state index in [1.807, 2.05) is 18.2 Å². The molecule has 0 amide bonds. The van der Waals surface area contributed by atoms with E-state index >= 15 is 0 Å². The Balaban J connectivity index is 2.64. The maximum absolute atomic E-state index is 5.66. The Morgan fingerprint density at radius 3 is 2.64 bits per heavy atom. The van der Waals surface area contributed by atoms with Crippen molar-refractivity contribution in [3.8, 4) is 5.75 Å². The van der Waals surface area contributed by atoms with Crippen LogP contribution in [-0.2, 0) is 0 Å². The van der Waals surface area contributed by atoms with Crippen molar-refractivity contribution in [1.82, 2.24) is 0 Å². The van der Waals surface area contributed by atoms with Crippen LogP contribution < -0.4 is 10.5 Å². The molecule has 0 unspecified atom stereocenters. The molecule has 0 heterocycles. The van der Waals surface area contributed by atoms with E-state index in [-0.39, 0.29) is 0 Å². The van der Waals surface area contributed by atoms with Crippen molar-refractivity contribution in [2.75, 3.05) is 13.2 Å². The minimum absolute atomic E-state index is 0.504. The first-order chi connectivity index (χ1) is 6.75. The van der Waals surface area contributed by atoms with E-state index in [1.165, 1.54) is 5.56 Å². The van der Waals surface area contributed by atoms with Crippen LogP contribution in [0.2, 0.25) is 0 Å². The van der Waals surface area contributed by atoms with Crippen LogP contribution in [0.15, 0.2) is 24.3 Å². The van der Waals surface area contributed by atoms with Crippen molar-refractivity contribution < 1.29 is 4.74 Å². The van der Waals surface area contributed by atoms with E-state index in [0.717, 1.165) is 12.2 Å². The first-order valence-electron chi connectivity index (χ1n) is 5.17. The summed E-state index contributed by atoms with van der Waals surface area (Å²) >= 11 is 0. The topological polar surface area (TPSA) is 35.2 Å². The molecule has 0 fully saturated rings. The summed E-state index contributed by atoms with van der Waals surface area (Å²) in [5, 5.41) is 0. The number of ether oxygens (including phenoxy) is 1. The summed E-state index contributed by atoms with van der Waals surface area (Å²) in [5.41, 5.74) is 6.68. The maximum atomic E-state index is 5.66. The predicted molar refractivity (Wildman–Crippen MR) is 59.7 cm³/mol. The largest absolute Gasteiger partial charge is 0.493 e. The molecule has 1 aromatic rings. The van der Waals surface area contributed by atoms with Crippen LogP contribution in [0.3, 0.4) is 0 Å². The third-order valence-corrected chi connectivity index (χ3v) is 2.15. The van der Waals surface area contributed by atoms with E-state index in [2.05, 4.69) is 19.9 Å². The second-order valence-electron chi connectivity index (χ2n) is 3.68. The quantitative estimate of drug-likeness (QED) is 0.729. The minimum atomic E-state index is 0.504. The highest BCUT2D eigenvalue weighted by atomic mass is 16.5. The van der Waals surface area contributed by atoms with Crippen LogP contribution in [0.25, 0.3) is 0 Å². The number of nitrogens with two attached hydrogens (primary N) is 1. The molecule has 0 saturated heterocycles. The van der Waals surface area contributed by atoms with Crippen molar-refractivity contribution in [2.24, 2.45) is 5.73 Å². The fourth-order valence-electron chi connectivity index (χ4n) is 1.35. The van der Waals surface area contributed by atoms with Gasteiger partial charge in [0, 0.05) is 0 Å². The summed E-state index contributed by atoms with van der Waals surface area (Å²) in [4.78, 5) is 0. The lowest BCUT2D eigenvalue weighted by molar-refractivity contribution is 0.309. The zero-order valence-corrected chi connectivity index (χ0v) is 8.99. The molecular weight excluding hydrogens is 174 g/mol. The van der Waals surface area contributed by atoms with Gasteiger partial charge in [-0.3, -0.25) is 0 Å². The Labute approximate surface area is 86.1 Å². The van der Waals surface area contributed by atoms with E-state index in [9.17, 15) is 0 Å². The van der Waals surface area contributed by atoms with Gasteiger partial charge in [0.05, 0.1) is 6.61 Å². The van der Waals surface area contributed by atoms with E-state index in [4.69, 9.17) is 10.5 Å². The Kier molecular flexibility index (Phi) is 4.47. The summed E-state index contributed by atoms with van der Waals surface area (Å²) in [6.07, 6.45) is 0.909. The van der Waals surface area contributed by atoms with Crippen molar-refractivity contribution in [3.05, 3.63) is 29.8 Å². The second kappa shape index (κ2) is 5.66. The molecule has 0 radical (unpaired) electrons. The molecule has 0 aliphatic rings. The third-order valence-electron chi connectivity index (χ3n) is 2.15. The van der Waals surface area contributed by atoms with Gasteiger partial charge in [-0.05, 0) is 30.5 Å². The molecule has 0 atom stereocenters. The first-order valence-corrected chi connectivity index (χ1v) is 5.17. The molecule has 1 rings (SSSR count). The molecular formula is C12H19NO. The average Bonchev–Trinajstić information content (AvgIpc) is 2.19. The monoisotopic (exact) mass is 193 g/mol. The normalized spacial score (nSPS) is 10.6. The highest BCUT2D eigenvalue weighted by Gasteiger charge is 2.05. The molecule has 14 heavy (non-hydrogen) atoms. The summed E-state index contributed by atoms with van der Waals surface area (Å²) < 4.78 is 5.66. The summed E-state index contributed by atoms with van der Waals surface area (Å²) in [5.74, 6) is 1.50. The van der Waals surface area contributed by atoms with Crippen LogP contribution in [0.4, 0.5) is 0 Å². The van der Waals surface area contributed by atoms with Gasteiger partial charge in [-0.25, -0.2) is 0 Å². The SMILES string of the molecule is CC(C)c1ccccc1OCCCN. The zero-order chi connectivity index (χ0) is 10.4. The van der Waals surface area contributed by atoms with Gasteiger partial charge in [0.2, 0.25) is 0 Å². The minimum Gasteiger partial charge on any atom is -0.493 e. The Hall–Kier alpha value is -1.02. The molecule has 0 saturated carbocycles. The highest BCUT2D eigenvalue weighted by Crippen LogP contribution is 2.25. The van der Waals surface area contributed by atoms with Crippen LogP contribution in [-0.4, -0.2) is 13.2 Å². The molecule has 1 aromatic carbocycles. The van der Waals surface area contributed by atoms with E-state index < -0.39 is 0 Å². The Morgan fingerprint density at radius 1 is 1.29 bits per heavy atom. The number of benzene rings is 1. The van der Waals surface area contributed by atoms with Crippen LogP contribution in [0.5, 0.6) is 5.75 Å². The fourth-order valence-corrected chi connectivity index (χ4v) is 1.35. The smallest absolute Gasteiger partial charge is 0.122 e. The molecule has 0 aliphatic carbocycles. The van der Waals surface area contributed by atoms with Gasteiger partial charge >= 0.3 is 0 Å².